The van der Waals surface area contributed by atoms with Gasteiger partial charge in [-0.1, -0.05) is 25.7 Å². The van der Waals surface area contributed by atoms with Crippen molar-refractivity contribution in [3.05, 3.63) is 18.0 Å². The van der Waals surface area contributed by atoms with Crippen LogP contribution in [-0.2, 0) is 11.8 Å². The minimum Gasteiger partial charge on any atom is -0.353 e. The van der Waals surface area contributed by atoms with E-state index in [0.29, 0.717) is 0 Å². The lowest BCUT2D eigenvalue weighted by Crippen LogP contribution is -2.58. The standard InChI is InChI=1S/C19H33N5O/c1-20-17(16-13-22-23(2)14-16)18(25)21-15-19(9-5-3-6-10-19)24-11-7-4-8-12-24/h13-14,17,20H,3-12,15H2,1-2H3,(H,21,25). The molecule has 0 spiro atoms. The van der Waals surface area contributed by atoms with Crippen LogP contribution < -0.4 is 10.6 Å². The van der Waals surface area contributed by atoms with Gasteiger partial charge in [0.05, 0.1) is 6.20 Å². The molecule has 140 valence electrons. The number of aryl methyl sites for hydroxylation is 1. The van der Waals surface area contributed by atoms with Crippen molar-refractivity contribution in [1.29, 1.82) is 0 Å². The fraction of sp³-hybridized carbons (Fsp3) is 0.789. The van der Waals surface area contributed by atoms with Crippen LogP contribution in [0.2, 0.25) is 0 Å². The molecular formula is C19H33N5O. The zero-order chi connectivity index (χ0) is 17.7. The highest BCUT2D eigenvalue weighted by Gasteiger charge is 2.39. The molecule has 1 aliphatic carbocycles. The van der Waals surface area contributed by atoms with Crippen LogP contribution in [0.5, 0.6) is 0 Å². The highest BCUT2D eigenvalue weighted by molar-refractivity contribution is 5.83. The molecule has 1 atom stereocenters. The summed E-state index contributed by atoms with van der Waals surface area (Å²) in [6.45, 7) is 3.14. The lowest BCUT2D eigenvalue weighted by atomic mass is 9.79. The number of likely N-dealkylation sites (tertiary alicyclic amines) is 1. The van der Waals surface area contributed by atoms with Crippen LogP contribution in [0.15, 0.2) is 12.4 Å². The molecule has 2 N–H and O–H groups in total. The minimum atomic E-state index is -0.337. The molecule has 0 bridgehead atoms. The van der Waals surface area contributed by atoms with Gasteiger partial charge < -0.3 is 10.6 Å². The Morgan fingerprint density at radius 1 is 1.20 bits per heavy atom. The van der Waals surface area contributed by atoms with Crippen LogP contribution >= 0.6 is 0 Å². The van der Waals surface area contributed by atoms with Gasteiger partial charge in [-0.05, 0) is 45.8 Å². The van der Waals surface area contributed by atoms with E-state index in [4.69, 9.17) is 0 Å². The molecule has 1 aromatic heterocycles. The molecule has 6 nitrogen and oxygen atoms in total. The molecule has 1 unspecified atom stereocenters. The Morgan fingerprint density at radius 2 is 1.88 bits per heavy atom. The van der Waals surface area contributed by atoms with E-state index in [-0.39, 0.29) is 17.5 Å². The fourth-order valence-electron chi connectivity index (χ4n) is 4.58. The molecule has 2 fully saturated rings. The molecule has 3 rings (SSSR count). The summed E-state index contributed by atoms with van der Waals surface area (Å²) < 4.78 is 1.74. The van der Waals surface area contributed by atoms with Crippen LogP contribution in [0.3, 0.4) is 0 Å². The van der Waals surface area contributed by atoms with E-state index < -0.39 is 0 Å². The number of carbonyl (C=O) groups excluding carboxylic acids is 1. The van der Waals surface area contributed by atoms with Crippen molar-refractivity contribution in [3.63, 3.8) is 0 Å². The van der Waals surface area contributed by atoms with E-state index in [1.807, 2.05) is 20.3 Å². The number of carbonyl (C=O) groups is 1. The minimum absolute atomic E-state index is 0.0532. The molecule has 0 aromatic carbocycles. The number of nitrogens with zero attached hydrogens (tertiary/aromatic N) is 3. The second-order valence-electron chi connectivity index (χ2n) is 7.72. The number of rotatable bonds is 6. The molecule has 2 heterocycles. The van der Waals surface area contributed by atoms with Gasteiger partial charge in [0.25, 0.3) is 0 Å². The second-order valence-corrected chi connectivity index (χ2v) is 7.72. The zero-order valence-corrected chi connectivity index (χ0v) is 15.8. The summed E-state index contributed by atoms with van der Waals surface area (Å²) in [5, 5.41) is 10.6. The number of hydrogen-bond acceptors (Lipinski definition) is 4. The highest BCUT2D eigenvalue weighted by Crippen LogP contribution is 2.35. The van der Waals surface area contributed by atoms with Crippen molar-refractivity contribution < 1.29 is 4.79 Å². The van der Waals surface area contributed by atoms with Gasteiger partial charge in [-0.25, -0.2) is 0 Å². The van der Waals surface area contributed by atoms with Gasteiger partial charge in [0.15, 0.2) is 0 Å². The molecular weight excluding hydrogens is 314 g/mol. The summed E-state index contributed by atoms with van der Waals surface area (Å²) in [7, 11) is 3.71. The maximum Gasteiger partial charge on any atom is 0.241 e. The topological polar surface area (TPSA) is 62.2 Å². The van der Waals surface area contributed by atoms with Gasteiger partial charge in [-0.2, -0.15) is 5.10 Å². The Labute approximate surface area is 151 Å². The fourth-order valence-corrected chi connectivity index (χ4v) is 4.58. The molecule has 1 aliphatic heterocycles. The van der Waals surface area contributed by atoms with Gasteiger partial charge in [0.1, 0.15) is 6.04 Å². The summed E-state index contributed by atoms with van der Waals surface area (Å²) in [4.78, 5) is 15.5. The van der Waals surface area contributed by atoms with Gasteiger partial charge in [-0.15, -0.1) is 0 Å². The van der Waals surface area contributed by atoms with Crippen LogP contribution in [0.4, 0.5) is 0 Å². The first-order chi connectivity index (χ1) is 12.1. The SMILES string of the molecule is CNC(C(=O)NCC1(N2CCCCC2)CCCCC1)c1cnn(C)c1. The number of aromatic nitrogens is 2. The third-order valence-corrected chi connectivity index (χ3v) is 6.01. The molecule has 1 aromatic rings. The zero-order valence-electron chi connectivity index (χ0n) is 15.8. The van der Waals surface area contributed by atoms with Crippen molar-refractivity contribution in [2.24, 2.45) is 7.05 Å². The van der Waals surface area contributed by atoms with E-state index in [1.165, 1.54) is 64.5 Å². The number of nitrogens with one attached hydrogen (secondary N) is 2. The van der Waals surface area contributed by atoms with Crippen molar-refractivity contribution in [3.8, 4) is 0 Å². The van der Waals surface area contributed by atoms with E-state index in [9.17, 15) is 4.79 Å². The Balaban J connectivity index is 1.66. The summed E-state index contributed by atoms with van der Waals surface area (Å²) >= 11 is 0. The monoisotopic (exact) mass is 347 g/mol. The normalized spacial score (nSPS) is 22.5. The van der Waals surface area contributed by atoms with Crippen molar-refractivity contribution >= 4 is 5.91 Å². The smallest absolute Gasteiger partial charge is 0.241 e. The summed E-state index contributed by atoms with van der Waals surface area (Å²) in [6, 6.07) is -0.337. The summed E-state index contributed by atoms with van der Waals surface area (Å²) in [5.41, 5.74) is 1.08. The quantitative estimate of drug-likeness (QED) is 0.826. The van der Waals surface area contributed by atoms with E-state index >= 15 is 0 Å². The Bertz CT molecular complexity index is 558. The average molecular weight is 348 g/mol. The third kappa shape index (κ3) is 4.23. The van der Waals surface area contributed by atoms with Gasteiger partial charge in [-0.3, -0.25) is 14.4 Å². The predicted molar refractivity (Wildman–Crippen MR) is 99.3 cm³/mol. The maximum atomic E-state index is 12.8. The van der Waals surface area contributed by atoms with E-state index in [1.54, 1.807) is 10.9 Å². The van der Waals surface area contributed by atoms with E-state index in [2.05, 4.69) is 20.6 Å². The van der Waals surface area contributed by atoms with E-state index in [0.717, 1.165) is 12.1 Å². The molecule has 2 aliphatic rings. The first-order valence-electron chi connectivity index (χ1n) is 9.83. The second kappa shape index (κ2) is 8.32. The summed E-state index contributed by atoms with van der Waals surface area (Å²) in [5.74, 6) is 0.0532. The lowest BCUT2D eigenvalue weighted by Gasteiger charge is -2.48. The van der Waals surface area contributed by atoms with Crippen LogP contribution in [0.1, 0.15) is 63.0 Å². The predicted octanol–water partition coefficient (Wildman–Crippen LogP) is 1.99. The first kappa shape index (κ1) is 18.4. The molecule has 0 radical (unpaired) electrons. The number of amides is 1. The van der Waals surface area contributed by atoms with Crippen LogP contribution in [-0.4, -0.2) is 52.8 Å². The molecule has 1 amide bonds. The largest absolute Gasteiger partial charge is 0.353 e. The Hall–Kier alpha value is -1.40. The highest BCUT2D eigenvalue weighted by atomic mass is 16.2. The Kier molecular flexibility index (Phi) is 6.12. The third-order valence-electron chi connectivity index (χ3n) is 6.01. The number of piperidine rings is 1. The van der Waals surface area contributed by atoms with Gasteiger partial charge in [0, 0.05) is 30.9 Å². The van der Waals surface area contributed by atoms with Gasteiger partial charge in [0.2, 0.25) is 5.91 Å². The maximum absolute atomic E-state index is 12.8. The van der Waals surface area contributed by atoms with Gasteiger partial charge >= 0.3 is 0 Å². The van der Waals surface area contributed by atoms with Crippen molar-refractivity contribution in [1.82, 2.24) is 25.3 Å². The van der Waals surface area contributed by atoms with Crippen LogP contribution in [0, 0.1) is 0 Å². The van der Waals surface area contributed by atoms with Crippen molar-refractivity contribution in [2.75, 3.05) is 26.7 Å². The number of likely N-dealkylation sites (N-methyl/N-ethyl adjacent to an activating group) is 1. The van der Waals surface area contributed by atoms with Crippen LogP contribution in [0.25, 0.3) is 0 Å². The molecule has 1 saturated carbocycles. The number of hydrogen-bond donors (Lipinski definition) is 2. The first-order valence-corrected chi connectivity index (χ1v) is 9.83. The Morgan fingerprint density at radius 3 is 2.48 bits per heavy atom. The molecule has 25 heavy (non-hydrogen) atoms. The lowest BCUT2D eigenvalue weighted by molar-refractivity contribution is -0.124. The summed E-state index contributed by atoms with van der Waals surface area (Å²) in [6.07, 6.45) is 13.9. The molecule has 1 saturated heterocycles. The molecule has 6 heteroatoms. The van der Waals surface area contributed by atoms with Crippen molar-refractivity contribution in [2.45, 2.75) is 62.9 Å². The average Bonchev–Trinajstić information content (AvgIpc) is 3.08.